The predicted molar refractivity (Wildman–Crippen MR) is 145 cm³/mol. The lowest BCUT2D eigenvalue weighted by atomic mass is 10.1. The van der Waals surface area contributed by atoms with Crippen LogP contribution in [0.4, 0.5) is 31.8 Å². The number of anilines is 4. The highest BCUT2D eigenvalue weighted by molar-refractivity contribution is 6.03. The molecule has 4 rings (SSSR count). The van der Waals surface area contributed by atoms with Gasteiger partial charge < -0.3 is 25.0 Å². The summed E-state index contributed by atoms with van der Waals surface area (Å²) in [7, 11) is 5.78. The van der Waals surface area contributed by atoms with Crippen molar-refractivity contribution in [1.82, 2.24) is 19.4 Å². The van der Waals surface area contributed by atoms with Crippen LogP contribution in [0.2, 0.25) is 0 Å². The predicted octanol–water partition coefficient (Wildman–Crippen LogP) is 4.38. The molecule has 2 aromatic carbocycles. The van der Waals surface area contributed by atoms with Crippen LogP contribution in [0.5, 0.6) is 0 Å². The van der Waals surface area contributed by atoms with Crippen molar-refractivity contribution in [3.63, 3.8) is 0 Å². The van der Waals surface area contributed by atoms with E-state index in [1.807, 2.05) is 30.9 Å². The molecular formula is C27H27F2N7O2. The van der Waals surface area contributed by atoms with E-state index in [2.05, 4.69) is 27.2 Å². The summed E-state index contributed by atoms with van der Waals surface area (Å²) in [6.07, 6.45) is 5.01. The van der Waals surface area contributed by atoms with Gasteiger partial charge in [-0.15, -0.1) is 0 Å². The monoisotopic (exact) mass is 519 g/mol. The highest BCUT2D eigenvalue weighted by Crippen LogP contribution is 2.33. The third kappa shape index (κ3) is 5.68. The van der Waals surface area contributed by atoms with E-state index in [-0.39, 0.29) is 5.95 Å². The Morgan fingerprint density at radius 2 is 1.84 bits per heavy atom. The van der Waals surface area contributed by atoms with Crippen LogP contribution in [-0.2, 0) is 4.79 Å². The molecule has 0 saturated carbocycles. The van der Waals surface area contributed by atoms with Crippen molar-refractivity contribution in [2.45, 2.75) is 0 Å². The first kappa shape index (κ1) is 26.4. The summed E-state index contributed by atoms with van der Waals surface area (Å²) in [4.78, 5) is 36.9. The molecule has 38 heavy (non-hydrogen) atoms. The highest BCUT2D eigenvalue weighted by atomic mass is 19.2. The number of nitrogens with one attached hydrogen (secondary N) is 2. The molecule has 2 heterocycles. The van der Waals surface area contributed by atoms with Gasteiger partial charge in [-0.2, -0.15) is 4.98 Å². The summed E-state index contributed by atoms with van der Waals surface area (Å²) in [5, 5.41) is 6.34. The standard InChI is InChI=1S/C27H27F2N7O2/c1-5-26(38)31-22-15-21(18(16-37)13-24(22)35(4)11-10-34(2)3)32-27-30-8-6-25(33-27)36-9-7-17-12-19(28)20(29)14-23(17)36/h5-9,12-16H,1,10-11H2,2-4H3,(H,31,38)(H,30,32,33). The van der Waals surface area contributed by atoms with Gasteiger partial charge in [0.2, 0.25) is 11.9 Å². The Morgan fingerprint density at radius 3 is 2.55 bits per heavy atom. The topological polar surface area (TPSA) is 95.4 Å². The molecule has 0 fully saturated rings. The number of rotatable bonds is 10. The highest BCUT2D eigenvalue weighted by Gasteiger charge is 2.16. The second-order valence-electron chi connectivity index (χ2n) is 8.87. The average molecular weight is 520 g/mol. The number of hydrogen-bond donors (Lipinski definition) is 2. The molecule has 9 nitrogen and oxygen atoms in total. The second-order valence-corrected chi connectivity index (χ2v) is 8.87. The van der Waals surface area contributed by atoms with Crippen molar-refractivity contribution >= 4 is 46.1 Å². The van der Waals surface area contributed by atoms with Gasteiger partial charge in [0.1, 0.15) is 5.82 Å². The van der Waals surface area contributed by atoms with Crippen LogP contribution in [0.1, 0.15) is 10.4 Å². The Bertz CT molecular complexity index is 1520. The maximum absolute atomic E-state index is 13.9. The summed E-state index contributed by atoms with van der Waals surface area (Å²) in [6.45, 7) is 4.92. The number of fused-ring (bicyclic) bond motifs is 1. The molecule has 0 atom stereocenters. The minimum atomic E-state index is -0.967. The molecule has 0 spiro atoms. The Hall–Kier alpha value is -4.64. The number of carbonyl (C=O) groups excluding carboxylic acids is 2. The summed E-state index contributed by atoms with van der Waals surface area (Å²) in [5.41, 5.74) is 2.24. The van der Waals surface area contributed by atoms with Crippen molar-refractivity contribution in [3.8, 4) is 5.82 Å². The molecule has 2 N–H and O–H groups in total. The summed E-state index contributed by atoms with van der Waals surface area (Å²) in [5.74, 6) is -1.75. The lowest BCUT2D eigenvalue weighted by molar-refractivity contribution is -0.111. The van der Waals surface area contributed by atoms with Crippen LogP contribution >= 0.6 is 0 Å². The van der Waals surface area contributed by atoms with E-state index in [1.165, 1.54) is 6.20 Å². The van der Waals surface area contributed by atoms with Gasteiger partial charge in [0.15, 0.2) is 17.9 Å². The molecule has 0 aliphatic heterocycles. The van der Waals surface area contributed by atoms with Crippen LogP contribution in [0, 0.1) is 11.6 Å². The number of amides is 1. The van der Waals surface area contributed by atoms with Crippen LogP contribution in [0.25, 0.3) is 16.7 Å². The third-order valence-corrected chi connectivity index (χ3v) is 5.90. The van der Waals surface area contributed by atoms with E-state index < -0.39 is 17.5 Å². The number of halogens is 2. The Kier molecular flexibility index (Phi) is 7.77. The van der Waals surface area contributed by atoms with Gasteiger partial charge in [-0.05, 0) is 50.5 Å². The zero-order valence-electron chi connectivity index (χ0n) is 21.2. The van der Waals surface area contributed by atoms with Gasteiger partial charge in [0, 0.05) is 49.5 Å². The van der Waals surface area contributed by atoms with Gasteiger partial charge in [-0.3, -0.25) is 9.59 Å². The minimum absolute atomic E-state index is 0.157. The molecule has 0 aliphatic rings. The first-order chi connectivity index (χ1) is 18.2. The number of aldehydes is 1. The molecule has 1 amide bonds. The van der Waals surface area contributed by atoms with E-state index >= 15 is 0 Å². The van der Waals surface area contributed by atoms with Gasteiger partial charge in [0.05, 0.1) is 22.6 Å². The fourth-order valence-electron chi connectivity index (χ4n) is 3.87. The normalized spacial score (nSPS) is 11.0. The largest absolute Gasteiger partial charge is 0.372 e. The maximum Gasteiger partial charge on any atom is 0.247 e. The van der Waals surface area contributed by atoms with Crippen LogP contribution < -0.4 is 15.5 Å². The quantitative estimate of drug-likeness (QED) is 0.237. The molecule has 196 valence electrons. The van der Waals surface area contributed by atoms with Crippen LogP contribution in [-0.4, -0.2) is 65.9 Å². The number of aromatic nitrogens is 3. The molecule has 0 aliphatic carbocycles. The third-order valence-electron chi connectivity index (χ3n) is 5.90. The second kappa shape index (κ2) is 11.2. The van der Waals surface area contributed by atoms with E-state index in [9.17, 15) is 18.4 Å². The number of benzene rings is 2. The molecule has 4 aromatic rings. The molecule has 0 radical (unpaired) electrons. The van der Waals surface area contributed by atoms with Gasteiger partial charge in [-0.25, -0.2) is 13.8 Å². The smallest absolute Gasteiger partial charge is 0.247 e. The van der Waals surface area contributed by atoms with E-state index in [0.29, 0.717) is 52.2 Å². The Balaban J connectivity index is 1.71. The summed E-state index contributed by atoms with van der Waals surface area (Å²) < 4.78 is 29.1. The maximum atomic E-state index is 13.9. The fraction of sp³-hybridized carbons (Fsp3) is 0.185. The number of carbonyl (C=O) groups is 2. The molecule has 0 unspecified atom stereocenters. The Morgan fingerprint density at radius 1 is 1.08 bits per heavy atom. The molecule has 2 aromatic heterocycles. The van der Waals surface area contributed by atoms with Gasteiger partial charge in [-0.1, -0.05) is 6.58 Å². The zero-order chi connectivity index (χ0) is 27.4. The first-order valence-corrected chi connectivity index (χ1v) is 11.7. The van der Waals surface area contributed by atoms with Gasteiger partial charge >= 0.3 is 0 Å². The van der Waals surface area contributed by atoms with Crippen molar-refractivity contribution in [2.24, 2.45) is 0 Å². The van der Waals surface area contributed by atoms with E-state index in [1.54, 1.807) is 35.0 Å². The summed E-state index contributed by atoms with van der Waals surface area (Å²) >= 11 is 0. The molecular weight excluding hydrogens is 492 g/mol. The van der Waals surface area contributed by atoms with Gasteiger partial charge in [0.25, 0.3) is 0 Å². The molecule has 0 saturated heterocycles. The first-order valence-electron chi connectivity index (χ1n) is 11.7. The summed E-state index contributed by atoms with van der Waals surface area (Å²) in [6, 6.07) is 8.79. The number of likely N-dealkylation sites (N-methyl/N-ethyl adjacent to an activating group) is 2. The van der Waals surface area contributed by atoms with Crippen molar-refractivity contribution in [3.05, 3.63) is 78.6 Å². The van der Waals surface area contributed by atoms with Crippen LogP contribution in [0.3, 0.4) is 0 Å². The fourth-order valence-corrected chi connectivity index (χ4v) is 3.87. The number of nitrogens with zero attached hydrogens (tertiary/aromatic N) is 5. The Labute approximate surface area is 218 Å². The van der Waals surface area contributed by atoms with E-state index in [4.69, 9.17) is 0 Å². The van der Waals surface area contributed by atoms with Crippen molar-refractivity contribution in [1.29, 1.82) is 0 Å². The minimum Gasteiger partial charge on any atom is -0.372 e. The van der Waals surface area contributed by atoms with E-state index in [0.717, 1.165) is 24.8 Å². The zero-order valence-corrected chi connectivity index (χ0v) is 21.2. The number of hydrogen-bond acceptors (Lipinski definition) is 7. The molecule has 11 heteroatoms. The lowest BCUT2D eigenvalue weighted by Crippen LogP contribution is -2.29. The lowest BCUT2D eigenvalue weighted by Gasteiger charge is -2.25. The molecule has 0 bridgehead atoms. The SMILES string of the molecule is C=CC(=O)Nc1cc(Nc2nccc(-n3ccc4cc(F)c(F)cc43)n2)c(C=O)cc1N(C)CCN(C)C. The van der Waals surface area contributed by atoms with Crippen LogP contribution in [0.15, 0.2) is 61.4 Å². The average Bonchev–Trinajstić information content (AvgIpc) is 3.30. The van der Waals surface area contributed by atoms with Crippen molar-refractivity contribution < 1.29 is 18.4 Å². The van der Waals surface area contributed by atoms with Crippen molar-refractivity contribution in [2.75, 3.05) is 49.8 Å².